The van der Waals surface area contributed by atoms with Crippen LogP contribution in [0.1, 0.15) is 10.4 Å². The molecule has 0 fully saturated rings. The van der Waals surface area contributed by atoms with Crippen molar-refractivity contribution in [2.75, 3.05) is 24.4 Å². The van der Waals surface area contributed by atoms with Gasteiger partial charge in [0, 0.05) is 25.6 Å². The van der Waals surface area contributed by atoms with E-state index in [1.807, 2.05) is 12.1 Å². The number of halogens is 1. The van der Waals surface area contributed by atoms with Gasteiger partial charge in [-0.3, -0.25) is 9.69 Å². The molecule has 1 amide bonds. The van der Waals surface area contributed by atoms with Gasteiger partial charge in [-0.15, -0.1) is 0 Å². The fraction of sp³-hybridized carbons (Fsp3) is 0.235. The third kappa shape index (κ3) is 2.78. The van der Waals surface area contributed by atoms with Crippen molar-refractivity contribution < 1.29 is 18.7 Å². The first-order valence-electron chi connectivity index (χ1n) is 7.16. The summed E-state index contributed by atoms with van der Waals surface area (Å²) < 4.78 is 23.9. The van der Waals surface area contributed by atoms with E-state index in [9.17, 15) is 9.18 Å². The highest BCUT2D eigenvalue weighted by atomic mass is 19.1. The molecule has 1 heterocycles. The van der Waals surface area contributed by atoms with Gasteiger partial charge in [0.05, 0.1) is 5.56 Å². The maximum Gasteiger partial charge on any atom is 0.262 e. The normalized spacial score (nSPS) is 17.1. The fourth-order valence-electron chi connectivity index (χ4n) is 2.70. The first kappa shape index (κ1) is 15.5. The van der Waals surface area contributed by atoms with Crippen molar-refractivity contribution >= 4 is 17.3 Å². The molecule has 2 aromatic rings. The highest BCUT2D eigenvalue weighted by Crippen LogP contribution is 2.31. The van der Waals surface area contributed by atoms with Crippen molar-refractivity contribution in [1.29, 1.82) is 0 Å². The number of methoxy groups -OCH3 is 2. The van der Waals surface area contributed by atoms with E-state index < -0.39 is 12.5 Å². The second-order valence-electron chi connectivity index (χ2n) is 5.13. The molecule has 23 heavy (non-hydrogen) atoms. The van der Waals surface area contributed by atoms with Gasteiger partial charge in [0.15, 0.2) is 12.5 Å². The average molecular weight is 316 g/mol. The van der Waals surface area contributed by atoms with Crippen molar-refractivity contribution in [1.82, 2.24) is 0 Å². The number of carbonyl (C=O) groups excluding carboxylic acids is 1. The summed E-state index contributed by atoms with van der Waals surface area (Å²) in [5, 5.41) is 3.25. The maximum absolute atomic E-state index is 13.2. The lowest BCUT2D eigenvalue weighted by atomic mass is 10.1. The summed E-state index contributed by atoms with van der Waals surface area (Å²) in [7, 11) is 3.01. The van der Waals surface area contributed by atoms with Crippen LogP contribution in [0.5, 0.6) is 0 Å². The number of ether oxygens (including phenoxy) is 2. The largest absolute Gasteiger partial charge is 0.360 e. The molecule has 1 N–H and O–H groups in total. The van der Waals surface area contributed by atoms with E-state index in [2.05, 4.69) is 5.32 Å². The molecule has 0 spiro atoms. The molecule has 0 aromatic heterocycles. The Morgan fingerprint density at radius 3 is 2.39 bits per heavy atom. The summed E-state index contributed by atoms with van der Waals surface area (Å²) in [4.78, 5) is 14.4. The Morgan fingerprint density at radius 1 is 1.09 bits per heavy atom. The Labute approximate surface area is 133 Å². The molecule has 1 atom stereocenters. The lowest BCUT2D eigenvalue weighted by Crippen LogP contribution is -2.56. The van der Waals surface area contributed by atoms with E-state index in [-0.39, 0.29) is 11.7 Å². The molecule has 2 aromatic carbocycles. The van der Waals surface area contributed by atoms with Gasteiger partial charge in [-0.2, -0.15) is 0 Å². The van der Waals surface area contributed by atoms with Crippen LogP contribution in [0.3, 0.4) is 0 Å². The summed E-state index contributed by atoms with van der Waals surface area (Å²) in [5.74, 6) is -0.562. The highest BCUT2D eigenvalue weighted by molar-refractivity contribution is 6.12. The topological polar surface area (TPSA) is 50.8 Å². The van der Waals surface area contributed by atoms with Crippen LogP contribution in [-0.2, 0) is 9.47 Å². The minimum atomic E-state index is -0.683. The van der Waals surface area contributed by atoms with E-state index >= 15 is 0 Å². The van der Waals surface area contributed by atoms with Crippen LogP contribution in [0, 0.1) is 5.82 Å². The first-order chi connectivity index (χ1) is 11.2. The predicted octanol–water partition coefficient (Wildman–Crippen LogP) is 2.84. The molecule has 0 aliphatic carbocycles. The predicted molar refractivity (Wildman–Crippen MR) is 84.9 cm³/mol. The van der Waals surface area contributed by atoms with Crippen LogP contribution in [0.4, 0.5) is 15.8 Å². The number of fused-ring (bicyclic) bond motifs is 1. The van der Waals surface area contributed by atoms with Crippen LogP contribution in [0.2, 0.25) is 0 Å². The van der Waals surface area contributed by atoms with E-state index in [1.165, 1.54) is 31.3 Å². The molecule has 6 heteroatoms. The number of nitrogens with zero attached hydrogens (tertiary/aromatic N) is 1. The van der Waals surface area contributed by atoms with Crippen molar-refractivity contribution in [2.45, 2.75) is 12.5 Å². The fourth-order valence-corrected chi connectivity index (χ4v) is 2.70. The van der Waals surface area contributed by atoms with E-state index in [4.69, 9.17) is 9.47 Å². The molecule has 0 saturated heterocycles. The standard InChI is InChI=1S/C17H17FN2O3/c1-22-17(23-2)15-19-14-6-4-3-5-13(14)16(21)20(15)12-9-7-11(18)8-10-12/h3-10,15,17,19H,1-2H3/t15-/m0/s1. The third-order valence-electron chi connectivity index (χ3n) is 3.79. The van der Waals surface area contributed by atoms with Gasteiger partial charge in [0.25, 0.3) is 5.91 Å². The number of carbonyl (C=O) groups is 1. The average Bonchev–Trinajstić information content (AvgIpc) is 2.57. The van der Waals surface area contributed by atoms with Crippen LogP contribution < -0.4 is 10.2 Å². The molecule has 5 nitrogen and oxygen atoms in total. The van der Waals surface area contributed by atoms with Gasteiger partial charge in [0.1, 0.15) is 5.82 Å². The summed E-state index contributed by atoms with van der Waals surface area (Å²) in [6.45, 7) is 0. The van der Waals surface area contributed by atoms with E-state index in [1.54, 1.807) is 24.3 Å². The molecular formula is C17H17FN2O3. The summed E-state index contributed by atoms with van der Waals surface area (Å²) >= 11 is 0. The van der Waals surface area contributed by atoms with Crippen LogP contribution in [0.15, 0.2) is 48.5 Å². The zero-order valence-corrected chi connectivity index (χ0v) is 12.8. The second kappa shape index (κ2) is 6.36. The Balaban J connectivity index is 2.08. The van der Waals surface area contributed by atoms with Crippen LogP contribution in [-0.4, -0.2) is 32.6 Å². The number of benzene rings is 2. The SMILES string of the molecule is COC(OC)[C@H]1Nc2ccccc2C(=O)N1c1ccc(F)cc1. The van der Waals surface area contributed by atoms with Crippen molar-refractivity contribution in [2.24, 2.45) is 0 Å². The molecule has 1 aliphatic rings. The molecular weight excluding hydrogens is 299 g/mol. The number of rotatable bonds is 4. The van der Waals surface area contributed by atoms with Gasteiger partial charge < -0.3 is 14.8 Å². The number of anilines is 2. The Kier molecular flexibility index (Phi) is 4.27. The van der Waals surface area contributed by atoms with Crippen molar-refractivity contribution in [3.05, 3.63) is 59.9 Å². The quantitative estimate of drug-likeness (QED) is 0.881. The zero-order valence-electron chi connectivity index (χ0n) is 12.8. The second-order valence-corrected chi connectivity index (χ2v) is 5.13. The molecule has 3 rings (SSSR count). The van der Waals surface area contributed by atoms with Gasteiger partial charge in [-0.25, -0.2) is 4.39 Å². The van der Waals surface area contributed by atoms with Gasteiger partial charge >= 0.3 is 0 Å². The molecule has 1 aliphatic heterocycles. The van der Waals surface area contributed by atoms with Crippen molar-refractivity contribution in [3.63, 3.8) is 0 Å². The minimum absolute atomic E-state index is 0.199. The number of hydrogen-bond acceptors (Lipinski definition) is 4. The zero-order chi connectivity index (χ0) is 16.4. The first-order valence-corrected chi connectivity index (χ1v) is 7.16. The van der Waals surface area contributed by atoms with Crippen molar-refractivity contribution in [3.8, 4) is 0 Å². The van der Waals surface area contributed by atoms with Crippen LogP contribution in [0.25, 0.3) is 0 Å². The molecule has 0 unspecified atom stereocenters. The number of amides is 1. The summed E-state index contributed by atoms with van der Waals surface area (Å²) in [6.07, 6.45) is -1.25. The van der Waals surface area contributed by atoms with Gasteiger partial charge in [-0.05, 0) is 36.4 Å². The lowest BCUT2D eigenvalue weighted by Gasteiger charge is -2.40. The maximum atomic E-state index is 13.2. The molecule has 0 bridgehead atoms. The van der Waals surface area contributed by atoms with E-state index in [0.29, 0.717) is 16.9 Å². The van der Waals surface area contributed by atoms with Gasteiger partial charge in [-0.1, -0.05) is 12.1 Å². The summed E-state index contributed by atoms with van der Waals surface area (Å²) in [6, 6.07) is 12.9. The molecule has 0 radical (unpaired) electrons. The van der Waals surface area contributed by atoms with E-state index in [0.717, 1.165) is 0 Å². The summed E-state index contributed by atoms with van der Waals surface area (Å²) in [5.41, 5.74) is 1.81. The monoisotopic (exact) mass is 316 g/mol. The van der Waals surface area contributed by atoms with Gasteiger partial charge in [0.2, 0.25) is 0 Å². The number of hydrogen-bond donors (Lipinski definition) is 1. The number of nitrogens with one attached hydrogen (secondary N) is 1. The van der Waals surface area contributed by atoms with Crippen LogP contribution >= 0.6 is 0 Å². The minimum Gasteiger partial charge on any atom is -0.360 e. The Morgan fingerprint density at radius 2 is 1.74 bits per heavy atom. The molecule has 0 saturated carbocycles. The Hall–Kier alpha value is -2.44. The smallest absolute Gasteiger partial charge is 0.262 e. The lowest BCUT2D eigenvalue weighted by molar-refractivity contribution is -0.111. The highest BCUT2D eigenvalue weighted by Gasteiger charge is 2.38. The molecule has 120 valence electrons. The Bertz CT molecular complexity index is 701. The third-order valence-corrected chi connectivity index (χ3v) is 3.79. The number of para-hydroxylation sites is 1.